The highest BCUT2D eigenvalue weighted by Crippen LogP contribution is 2.05. The Hall–Kier alpha value is -1.38. The Bertz CT molecular complexity index is 297. The predicted molar refractivity (Wildman–Crippen MR) is 51.4 cm³/mol. The van der Waals surface area contributed by atoms with E-state index in [1.807, 2.05) is 19.9 Å². The molecule has 0 saturated heterocycles. The Morgan fingerprint density at radius 2 is 2.38 bits per heavy atom. The number of hydrogen-bond acceptors (Lipinski definition) is 2. The van der Waals surface area contributed by atoms with Crippen molar-refractivity contribution >= 4 is 5.91 Å². The lowest BCUT2D eigenvalue weighted by Gasteiger charge is -2.04. The molecule has 1 aromatic rings. The Morgan fingerprint density at radius 3 is 3.00 bits per heavy atom. The first-order chi connectivity index (χ1) is 6.24. The first-order valence-corrected chi connectivity index (χ1v) is 4.40. The first-order valence-electron chi connectivity index (χ1n) is 4.40. The molecule has 3 heteroatoms. The van der Waals surface area contributed by atoms with Crippen molar-refractivity contribution in [2.75, 3.05) is 6.54 Å². The number of nitrogens with zero attached hydrogens (tertiary/aromatic N) is 1. The molecule has 3 nitrogen and oxygen atoms in total. The van der Waals surface area contributed by atoms with Gasteiger partial charge in [-0.05, 0) is 31.0 Å². The van der Waals surface area contributed by atoms with Crippen LogP contribution in [-0.2, 0) is 11.2 Å². The Labute approximate surface area is 78.2 Å². The minimum absolute atomic E-state index is 0.0665. The van der Waals surface area contributed by atoms with Crippen LogP contribution in [0.5, 0.6) is 0 Å². The van der Waals surface area contributed by atoms with Crippen molar-refractivity contribution in [2.45, 2.75) is 20.3 Å². The summed E-state index contributed by atoms with van der Waals surface area (Å²) in [5, 5.41) is 2.76. The molecule has 0 aliphatic rings. The third kappa shape index (κ3) is 2.86. The van der Waals surface area contributed by atoms with Gasteiger partial charge in [-0.15, -0.1) is 0 Å². The van der Waals surface area contributed by atoms with Gasteiger partial charge in [-0.2, -0.15) is 0 Å². The van der Waals surface area contributed by atoms with Gasteiger partial charge in [0.2, 0.25) is 5.91 Å². The van der Waals surface area contributed by atoms with E-state index in [2.05, 4.69) is 10.3 Å². The summed E-state index contributed by atoms with van der Waals surface area (Å²) >= 11 is 0. The normalized spacial score (nSPS) is 9.69. The molecule has 0 aromatic carbocycles. The van der Waals surface area contributed by atoms with Crippen molar-refractivity contribution in [3.63, 3.8) is 0 Å². The van der Waals surface area contributed by atoms with Crippen molar-refractivity contribution in [1.29, 1.82) is 0 Å². The zero-order valence-electron chi connectivity index (χ0n) is 8.00. The second-order valence-corrected chi connectivity index (χ2v) is 2.93. The molecule has 0 unspecified atom stereocenters. The van der Waals surface area contributed by atoms with Crippen LogP contribution in [0.4, 0.5) is 0 Å². The number of carbonyl (C=O) groups excluding carboxylic acids is 1. The molecule has 1 aromatic heterocycles. The van der Waals surface area contributed by atoms with E-state index in [-0.39, 0.29) is 5.91 Å². The number of aromatic nitrogens is 1. The smallest absolute Gasteiger partial charge is 0.224 e. The fourth-order valence-corrected chi connectivity index (χ4v) is 1.13. The predicted octanol–water partition coefficient (Wildman–Crippen LogP) is 1.07. The highest BCUT2D eigenvalue weighted by molar-refractivity contribution is 5.78. The van der Waals surface area contributed by atoms with Crippen LogP contribution in [0.1, 0.15) is 18.1 Å². The van der Waals surface area contributed by atoms with Crippen molar-refractivity contribution in [3.8, 4) is 0 Å². The summed E-state index contributed by atoms with van der Waals surface area (Å²) in [7, 11) is 0. The molecule has 0 atom stereocenters. The van der Waals surface area contributed by atoms with Crippen molar-refractivity contribution < 1.29 is 4.79 Å². The second-order valence-electron chi connectivity index (χ2n) is 2.93. The number of hydrogen-bond donors (Lipinski definition) is 1. The van der Waals surface area contributed by atoms with E-state index in [0.29, 0.717) is 13.0 Å². The molecule has 1 heterocycles. The highest BCUT2D eigenvalue weighted by Gasteiger charge is 2.03. The topological polar surface area (TPSA) is 42.0 Å². The lowest BCUT2D eigenvalue weighted by Crippen LogP contribution is -2.24. The van der Waals surface area contributed by atoms with E-state index in [1.165, 1.54) is 0 Å². The number of nitrogens with one attached hydrogen (secondary N) is 1. The van der Waals surface area contributed by atoms with E-state index in [9.17, 15) is 4.79 Å². The molecule has 0 fully saturated rings. The van der Waals surface area contributed by atoms with E-state index >= 15 is 0 Å². The molecule has 70 valence electrons. The maximum absolute atomic E-state index is 11.2. The van der Waals surface area contributed by atoms with E-state index in [4.69, 9.17) is 0 Å². The van der Waals surface area contributed by atoms with E-state index < -0.39 is 0 Å². The van der Waals surface area contributed by atoms with Crippen LogP contribution in [0.15, 0.2) is 18.5 Å². The zero-order chi connectivity index (χ0) is 9.68. The van der Waals surface area contributed by atoms with Gasteiger partial charge in [0.15, 0.2) is 0 Å². The molecular weight excluding hydrogens is 164 g/mol. The SMILES string of the molecule is CCNC(=O)Cc1ccncc1C. The van der Waals surface area contributed by atoms with Crippen LogP contribution in [0.25, 0.3) is 0 Å². The van der Waals surface area contributed by atoms with Gasteiger partial charge in [0.05, 0.1) is 6.42 Å². The number of likely N-dealkylation sites (N-methyl/N-ethyl adjacent to an activating group) is 1. The number of pyridine rings is 1. The summed E-state index contributed by atoms with van der Waals surface area (Å²) in [5.41, 5.74) is 2.11. The fraction of sp³-hybridized carbons (Fsp3) is 0.400. The zero-order valence-corrected chi connectivity index (χ0v) is 8.00. The summed E-state index contributed by atoms with van der Waals surface area (Å²) in [5.74, 6) is 0.0665. The third-order valence-electron chi connectivity index (χ3n) is 1.86. The molecule has 0 spiro atoms. The molecule has 0 radical (unpaired) electrons. The Morgan fingerprint density at radius 1 is 1.62 bits per heavy atom. The number of aryl methyl sites for hydroxylation is 1. The molecule has 1 rings (SSSR count). The minimum Gasteiger partial charge on any atom is -0.356 e. The molecule has 1 N–H and O–H groups in total. The molecule has 13 heavy (non-hydrogen) atoms. The summed E-state index contributed by atoms with van der Waals surface area (Å²) in [4.78, 5) is 15.2. The summed E-state index contributed by atoms with van der Waals surface area (Å²) < 4.78 is 0. The molecule has 1 amide bonds. The van der Waals surface area contributed by atoms with Crippen LogP contribution < -0.4 is 5.32 Å². The fourth-order valence-electron chi connectivity index (χ4n) is 1.13. The molecule has 0 aliphatic carbocycles. The van der Waals surface area contributed by atoms with Crippen LogP contribution in [0.3, 0.4) is 0 Å². The van der Waals surface area contributed by atoms with Crippen LogP contribution in [0, 0.1) is 6.92 Å². The number of carbonyl (C=O) groups is 1. The summed E-state index contributed by atoms with van der Waals surface area (Å²) in [6.07, 6.45) is 3.93. The van der Waals surface area contributed by atoms with Crippen LogP contribution in [-0.4, -0.2) is 17.4 Å². The quantitative estimate of drug-likeness (QED) is 0.752. The van der Waals surface area contributed by atoms with Crippen LogP contribution in [0.2, 0.25) is 0 Å². The summed E-state index contributed by atoms with van der Waals surface area (Å²) in [6, 6.07) is 1.88. The molecular formula is C10H14N2O. The van der Waals surface area contributed by atoms with Crippen molar-refractivity contribution in [3.05, 3.63) is 29.6 Å². The monoisotopic (exact) mass is 178 g/mol. The molecule has 0 bridgehead atoms. The van der Waals surface area contributed by atoms with Gasteiger partial charge in [-0.1, -0.05) is 0 Å². The maximum atomic E-state index is 11.2. The molecule has 0 saturated carbocycles. The van der Waals surface area contributed by atoms with Gasteiger partial charge in [0.1, 0.15) is 0 Å². The van der Waals surface area contributed by atoms with Gasteiger partial charge < -0.3 is 5.32 Å². The standard InChI is InChI=1S/C10H14N2O/c1-3-12-10(13)6-9-4-5-11-7-8(9)2/h4-5,7H,3,6H2,1-2H3,(H,12,13). The highest BCUT2D eigenvalue weighted by atomic mass is 16.1. The van der Waals surface area contributed by atoms with Gasteiger partial charge >= 0.3 is 0 Å². The summed E-state index contributed by atoms with van der Waals surface area (Å²) in [6.45, 7) is 4.56. The largest absolute Gasteiger partial charge is 0.356 e. The van der Waals surface area contributed by atoms with E-state index in [1.54, 1.807) is 12.4 Å². The molecule has 0 aliphatic heterocycles. The van der Waals surface area contributed by atoms with E-state index in [0.717, 1.165) is 11.1 Å². The first kappa shape index (κ1) is 9.71. The lowest BCUT2D eigenvalue weighted by atomic mass is 10.1. The number of amides is 1. The maximum Gasteiger partial charge on any atom is 0.224 e. The minimum atomic E-state index is 0.0665. The van der Waals surface area contributed by atoms with Crippen molar-refractivity contribution in [2.24, 2.45) is 0 Å². The van der Waals surface area contributed by atoms with Gasteiger partial charge in [0, 0.05) is 18.9 Å². The van der Waals surface area contributed by atoms with Gasteiger partial charge in [0.25, 0.3) is 0 Å². The average Bonchev–Trinajstić information content (AvgIpc) is 2.09. The average molecular weight is 178 g/mol. The Kier molecular flexibility index (Phi) is 3.43. The Balaban J connectivity index is 2.63. The second kappa shape index (κ2) is 4.60. The third-order valence-corrected chi connectivity index (χ3v) is 1.86. The number of rotatable bonds is 3. The van der Waals surface area contributed by atoms with Crippen molar-refractivity contribution in [1.82, 2.24) is 10.3 Å². The van der Waals surface area contributed by atoms with Crippen LogP contribution >= 0.6 is 0 Å². The van der Waals surface area contributed by atoms with Gasteiger partial charge in [-0.25, -0.2) is 0 Å². The lowest BCUT2D eigenvalue weighted by molar-refractivity contribution is -0.120. The van der Waals surface area contributed by atoms with Gasteiger partial charge in [-0.3, -0.25) is 9.78 Å².